The van der Waals surface area contributed by atoms with Crippen molar-refractivity contribution in [2.75, 3.05) is 0 Å². The fourth-order valence-electron chi connectivity index (χ4n) is 2.49. The summed E-state index contributed by atoms with van der Waals surface area (Å²) in [5.74, 6) is 0.770. The molecule has 0 aromatic heterocycles. The van der Waals surface area contributed by atoms with E-state index in [0.717, 1.165) is 22.0 Å². The van der Waals surface area contributed by atoms with Crippen LogP contribution in [0.25, 0.3) is 11.1 Å². The van der Waals surface area contributed by atoms with Crippen LogP contribution in [0, 0.1) is 6.92 Å². The predicted octanol–water partition coefficient (Wildman–Crippen LogP) is 5.82. The van der Waals surface area contributed by atoms with Gasteiger partial charge in [0.05, 0.1) is 0 Å². The van der Waals surface area contributed by atoms with E-state index in [1.54, 1.807) is 0 Å². The van der Waals surface area contributed by atoms with Crippen molar-refractivity contribution in [1.82, 2.24) is 0 Å². The van der Waals surface area contributed by atoms with Crippen LogP contribution in [0.3, 0.4) is 0 Å². The molecular weight excluding hydrogens is 312 g/mol. The molecule has 0 saturated carbocycles. The zero-order valence-electron chi connectivity index (χ0n) is 12.5. The van der Waals surface area contributed by atoms with E-state index in [2.05, 4.69) is 74.0 Å². The Bertz CT molecular complexity index is 630. The minimum Gasteiger partial charge on any atom is -0.507 e. The molecule has 0 saturated heterocycles. The van der Waals surface area contributed by atoms with Crippen molar-refractivity contribution in [1.29, 1.82) is 0 Å². The molecule has 0 unspecified atom stereocenters. The van der Waals surface area contributed by atoms with Gasteiger partial charge in [-0.15, -0.1) is 0 Å². The molecular formula is C18H21BrO. The van der Waals surface area contributed by atoms with E-state index >= 15 is 0 Å². The van der Waals surface area contributed by atoms with Gasteiger partial charge < -0.3 is 5.11 Å². The lowest BCUT2D eigenvalue weighted by Crippen LogP contribution is -1.95. The summed E-state index contributed by atoms with van der Waals surface area (Å²) in [7, 11) is 0. The van der Waals surface area contributed by atoms with Crippen LogP contribution < -0.4 is 0 Å². The summed E-state index contributed by atoms with van der Waals surface area (Å²) in [5, 5.41) is 10.3. The van der Waals surface area contributed by atoms with Crippen LogP contribution in [0.4, 0.5) is 0 Å². The normalized spacial score (nSPS) is 11.1. The third-order valence-corrected chi connectivity index (χ3v) is 4.23. The van der Waals surface area contributed by atoms with Crippen LogP contribution in [0.15, 0.2) is 34.8 Å². The fraction of sp³-hybridized carbons (Fsp3) is 0.333. The van der Waals surface area contributed by atoms with E-state index in [9.17, 15) is 5.11 Å². The quantitative estimate of drug-likeness (QED) is 0.751. The molecule has 0 aliphatic heterocycles. The van der Waals surface area contributed by atoms with Crippen molar-refractivity contribution in [2.24, 2.45) is 0 Å². The van der Waals surface area contributed by atoms with Crippen LogP contribution in [-0.2, 0) is 6.42 Å². The van der Waals surface area contributed by atoms with Gasteiger partial charge in [0.15, 0.2) is 0 Å². The fourth-order valence-corrected chi connectivity index (χ4v) is 2.85. The predicted molar refractivity (Wildman–Crippen MR) is 89.4 cm³/mol. The Hall–Kier alpha value is -1.28. The zero-order chi connectivity index (χ0) is 14.9. The standard InChI is InChI=1S/C18H21BrO/c1-5-13-8-14(9-16(11(2)3)18(13)20)17-10-15(19)7-6-12(17)4/h6-11,20H,5H2,1-4H3. The maximum absolute atomic E-state index is 10.3. The molecule has 0 spiro atoms. The van der Waals surface area contributed by atoms with E-state index in [-0.39, 0.29) is 0 Å². The lowest BCUT2D eigenvalue weighted by molar-refractivity contribution is 0.458. The molecule has 106 valence electrons. The number of benzene rings is 2. The topological polar surface area (TPSA) is 20.2 Å². The van der Waals surface area contributed by atoms with Gasteiger partial charge in [0.25, 0.3) is 0 Å². The maximum atomic E-state index is 10.3. The number of hydrogen-bond acceptors (Lipinski definition) is 1. The maximum Gasteiger partial charge on any atom is 0.122 e. The molecule has 0 radical (unpaired) electrons. The number of phenols is 1. The van der Waals surface area contributed by atoms with Crippen LogP contribution in [0.5, 0.6) is 5.75 Å². The zero-order valence-corrected chi connectivity index (χ0v) is 14.1. The average Bonchev–Trinajstić information content (AvgIpc) is 2.41. The highest BCUT2D eigenvalue weighted by Gasteiger charge is 2.13. The molecule has 1 N–H and O–H groups in total. The largest absolute Gasteiger partial charge is 0.507 e. The summed E-state index contributed by atoms with van der Waals surface area (Å²) in [6.07, 6.45) is 0.840. The molecule has 1 nitrogen and oxygen atoms in total. The second-order valence-corrected chi connectivity index (χ2v) is 6.46. The van der Waals surface area contributed by atoms with Crippen molar-refractivity contribution < 1.29 is 5.11 Å². The van der Waals surface area contributed by atoms with Crippen molar-refractivity contribution in [2.45, 2.75) is 40.0 Å². The molecule has 0 aliphatic rings. The smallest absolute Gasteiger partial charge is 0.122 e. The highest BCUT2D eigenvalue weighted by Crippen LogP contribution is 2.36. The Morgan fingerprint density at radius 1 is 1.15 bits per heavy atom. The lowest BCUT2D eigenvalue weighted by Gasteiger charge is -2.16. The first kappa shape index (κ1) is 15.1. The number of aromatic hydroxyl groups is 1. The van der Waals surface area contributed by atoms with E-state index in [1.807, 2.05) is 0 Å². The number of hydrogen-bond donors (Lipinski definition) is 1. The van der Waals surface area contributed by atoms with Gasteiger partial charge in [-0.05, 0) is 71.3 Å². The van der Waals surface area contributed by atoms with Gasteiger partial charge in [0.1, 0.15) is 5.75 Å². The van der Waals surface area contributed by atoms with Gasteiger partial charge in [0, 0.05) is 4.47 Å². The van der Waals surface area contributed by atoms with Crippen molar-refractivity contribution in [3.8, 4) is 16.9 Å². The molecule has 0 amide bonds. The highest BCUT2D eigenvalue weighted by molar-refractivity contribution is 9.10. The van der Waals surface area contributed by atoms with Gasteiger partial charge in [-0.1, -0.05) is 42.8 Å². The van der Waals surface area contributed by atoms with Crippen LogP contribution >= 0.6 is 15.9 Å². The minimum atomic E-state index is 0.313. The molecule has 2 aromatic rings. The summed E-state index contributed by atoms with van der Waals surface area (Å²) in [4.78, 5) is 0. The third-order valence-electron chi connectivity index (χ3n) is 3.73. The Kier molecular flexibility index (Phi) is 4.54. The molecule has 2 aromatic carbocycles. The Labute approximate surface area is 129 Å². The lowest BCUT2D eigenvalue weighted by atomic mass is 9.91. The first-order valence-electron chi connectivity index (χ1n) is 7.06. The molecule has 0 atom stereocenters. The average molecular weight is 333 g/mol. The number of rotatable bonds is 3. The summed E-state index contributed by atoms with van der Waals surface area (Å²) in [6.45, 7) is 8.43. The van der Waals surface area contributed by atoms with Crippen LogP contribution in [-0.4, -0.2) is 5.11 Å². The summed E-state index contributed by atoms with van der Waals surface area (Å²) < 4.78 is 1.08. The van der Waals surface area contributed by atoms with Crippen molar-refractivity contribution in [3.05, 3.63) is 51.5 Å². The van der Waals surface area contributed by atoms with E-state index in [4.69, 9.17) is 0 Å². The number of phenolic OH excluding ortho intramolecular Hbond substituents is 1. The second kappa shape index (κ2) is 6.01. The van der Waals surface area contributed by atoms with Gasteiger partial charge >= 0.3 is 0 Å². The first-order valence-corrected chi connectivity index (χ1v) is 7.85. The van der Waals surface area contributed by atoms with Gasteiger partial charge in [-0.25, -0.2) is 0 Å². The molecule has 0 heterocycles. The van der Waals surface area contributed by atoms with E-state index in [1.165, 1.54) is 16.7 Å². The van der Waals surface area contributed by atoms with Crippen LogP contribution in [0.2, 0.25) is 0 Å². The Morgan fingerprint density at radius 3 is 2.45 bits per heavy atom. The Morgan fingerprint density at radius 2 is 1.85 bits per heavy atom. The SMILES string of the molecule is CCc1cc(-c2cc(Br)ccc2C)cc(C(C)C)c1O. The first-order chi connectivity index (χ1) is 9.43. The van der Waals surface area contributed by atoms with Crippen LogP contribution in [0.1, 0.15) is 43.4 Å². The number of halogens is 1. The highest BCUT2D eigenvalue weighted by atomic mass is 79.9. The molecule has 2 heteroatoms. The van der Waals surface area contributed by atoms with Gasteiger partial charge in [0.2, 0.25) is 0 Å². The molecule has 2 rings (SSSR count). The van der Waals surface area contributed by atoms with E-state index < -0.39 is 0 Å². The molecule has 0 bridgehead atoms. The van der Waals surface area contributed by atoms with Gasteiger partial charge in [-0.3, -0.25) is 0 Å². The molecule has 0 aliphatic carbocycles. The second-order valence-electron chi connectivity index (χ2n) is 5.54. The molecule has 20 heavy (non-hydrogen) atoms. The van der Waals surface area contributed by atoms with Crippen molar-refractivity contribution in [3.63, 3.8) is 0 Å². The summed E-state index contributed by atoms with van der Waals surface area (Å²) >= 11 is 3.54. The summed E-state index contributed by atoms with van der Waals surface area (Å²) in [6, 6.07) is 10.5. The minimum absolute atomic E-state index is 0.313. The molecule has 0 fully saturated rings. The van der Waals surface area contributed by atoms with Crippen molar-refractivity contribution >= 4 is 15.9 Å². The Balaban J connectivity index is 2.68. The van der Waals surface area contributed by atoms with E-state index in [0.29, 0.717) is 11.7 Å². The van der Waals surface area contributed by atoms with Gasteiger partial charge in [-0.2, -0.15) is 0 Å². The monoisotopic (exact) mass is 332 g/mol. The summed E-state index contributed by atoms with van der Waals surface area (Å²) in [5.41, 5.74) is 5.69. The third kappa shape index (κ3) is 2.90. The number of aryl methyl sites for hydroxylation is 2.